The Balaban J connectivity index is 1.82. The van der Waals surface area contributed by atoms with E-state index in [-0.39, 0.29) is 33.1 Å². The number of carbonyl (C=O) groups is 1. The summed E-state index contributed by atoms with van der Waals surface area (Å²) in [6.45, 7) is -3.26. The molecule has 0 aromatic heterocycles. The van der Waals surface area contributed by atoms with E-state index in [4.69, 9.17) is 39.6 Å². The summed E-state index contributed by atoms with van der Waals surface area (Å²) in [5.74, 6) is -0.487. The molecule has 0 atom stereocenters. The Bertz CT molecular complexity index is 802. The summed E-state index contributed by atoms with van der Waals surface area (Å²) in [7, 11) is 0. The molecule has 0 aliphatic rings. The van der Waals surface area contributed by atoms with Crippen LogP contribution in [-0.2, 0) is 9.63 Å². The van der Waals surface area contributed by atoms with Crippen LogP contribution in [0.15, 0.2) is 41.6 Å². The van der Waals surface area contributed by atoms with E-state index in [1.807, 2.05) is 0 Å². The van der Waals surface area contributed by atoms with Crippen LogP contribution in [0.5, 0.6) is 5.75 Å². The van der Waals surface area contributed by atoms with Gasteiger partial charge in [0.2, 0.25) is 0 Å². The van der Waals surface area contributed by atoms with Gasteiger partial charge in [0.05, 0.1) is 27.0 Å². The zero-order valence-electron chi connectivity index (χ0n) is 12.9. The van der Waals surface area contributed by atoms with Crippen molar-refractivity contribution in [3.63, 3.8) is 0 Å². The SMILES string of the molecule is O=C(CO/N=C/c1ccc(OC(F)F)cc1)Nc1cc(Cl)c(Cl)cc1Cl. The summed E-state index contributed by atoms with van der Waals surface area (Å²) >= 11 is 17.6. The topological polar surface area (TPSA) is 59.9 Å². The van der Waals surface area contributed by atoms with Gasteiger partial charge < -0.3 is 14.9 Å². The number of hydrogen-bond acceptors (Lipinski definition) is 4. The molecule has 1 N–H and O–H groups in total. The smallest absolute Gasteiger partial charge is 0.387 e. The lowest BCUT2D eigenvalue weighted by Crippen LogP contribution is -2.17. The lowest BCUT2D eigenvalue weighted by atomic mass is 10.2. The van der Waals surface area contributed by atoms with Crippen LogP contribution in [0.25, 0.3) is 0 Å². The average Bonchev–Trinajstić information content (AvgIpc) is 2.57. The number of benzene rings is 2. The summed E-state index contributed by atoms with van der Waals surface area (Å²) in [6, 6.07) is 8.52. The number of halogens is 5. The second-order valence-electron chi connectivity index (χ2n) is 4.75. The van der Waals surface area contributed by atoms with Crippen LogP contribution < -0.4 is 10.1 Å². The van der Waals surface area contributed by atoms with Gasteiger partial charge >= 0.3 is 6.61 Å². The minimum Gasteiger partial charge on any atom is -0.435 e. The first-order chi connectivity index (χ1) is 12.3. The minimum atomic E-state index is -2.89. The molecule has 0 saturated heterocycles. The Morgan fingerprint density at radius 3 is 2.42 bits per heavy atom. The Hall–Kier alpha value is -2.09. The standard InChI is InChI=1S/C16H11Cl3F2N2O3/c17-11-5-13(19)14(6-12(11)18)23-15(24)8-25-22-7-9-1-3-10(4-2-9)26-16(20)21/h1-7,16H,8H2,(H,23,24)/b22-7+. The first-order valence-corrected chi connectivity index (χ1v) is 8.13. The second kappa shape index (κ2) is 9.56. The molecule has 0 aliphatic heterocycles. The summed E-state index contributed by atoms with van der Waals surface area (Å²) in [5.41, 5.74) is 0.854. The number of nitrogens with one attached hydrogen (secondary N) is 1. The molecular weight excluding hydrogens is 413 g/mol. The van der Waals surface area contributed by atoms with E-state index in [2.05, 4.69) is 15.2 Å². The van der Waals surface area contributed by atoms with Crippen LogP contribution in [0.4, 0.5) is 14.5 Å². The van der Waals surface area contributed by atoms with Crippen LogP contribution in [-0.4, -0.2) is 25.3 Å². The van der Waals surface area contributed by atoms with E-state index in [1.54, 1.807) is 0 Å². The van der Waals surface area contributed by atoms with Gasteiger partial charge in [-0.1, -0.05) is 40.0 Å². The summed E-state index contributed by atoms with van der Waals surface area (Å²) in [4.78, 5) is 16.7. The highest BCUT2D eigenvalue weighted by molar-refractivity contribution is 6.44. The molecule has 0 aliphatic carbocycles. The number of ether oxygens (including phenoxy) is 1. The Kier molecular flexibility index (Phi) is 7.44. The minimum absolute atomic E-state index is 0.0240. The number of amides is 1. The molecular formula is C16H11Cl3F2N2O3. The van der Waals surface area contributed by atoms with Crippen LogP contribution >= 0.6 is 34.8 Å². The normalized spacial score (nSPS) is 11.0. The van der Waals surface area contributed by atoms with Crippen molar-refractivity contribution in [3.05, 3.63) is 57.0 Å². The van der Waals surface area contributed by atoms with E-state index in [0.717, 1.165) is 0 Å². The van der Waals surface area contributed by atoms with Crippen molar-refractivity contribution < 1.29 is 23.1 Å². The van der Waals surface area contributed by atoms with Gasteiger partial charge in [0, 0.05) is 0 Å². The first-order valence-electron chi connectivity index (χ1n) is 7.00. The molecule has 10 heteroatoms. The van der Waals surface area contributed by atoms with Crippen LogP contribution in [0.3, 0.4) is 0 Å². The van der Waals surface area contributed by atoms with Crippen molar-refractivity contribution in [2.45, 2.75) is 6.61 Å². The number of hydrogen-bond donors (Lipinski definition) is 1. The third-order valence-electron chi connectivity index (χ3n) is 2.86. The zero-order chi connectivity index (χ0) is 19.1. The van der Waals surface area contributed by atoms with Crippen molar-refractivity contribution in [2.24, 2.45) is 5.16 Å². The quantitative estimate of drug-likeness (QED) is 0.376. The fourth-order valence-electron chi connectivity index (χ4n) is 1.73. The van der Waals surface area contributed by atoms with Gasteiger partial charge in [-0.25, -0.2) is 0 Å². The molecule has 0 unspecified atom stereocenters. The summed E-state index contributed by atoms with van der Waals surface area (Å²) < 4.78 is 28.3. The van der Waals surface area contributed by atoms with Crippen molar-refractivity contribution in [1.82, 2.24) is 0 Å². The van der Waals surface area contributed by atoms with Crippen LogP contribution in [0.1, 0.15) is 5.56 Å². The van der Waals surface area contributed by atoms with Gasteiger partial charge in [0.25, 0.3) is 5.91 Å². The van der Waals surface area contributed by atoms with Gasteiger partial charge in [0.15, 0.2) is 6.61 Å². The molecule has 2 aromatic carbocycles. The highest BCUT2D eigenvalue weighted by Crippen LogP contribution is 2.32. The fourth-order valence-corrected chi connectivity index (χ4v) is 2.33. The van der Waals surface area contributed by atoms with Crippen LogP contribution in [0.2, 0.25) is 15.1 Å². The highest BCUT2D eigenvalue weighted by Gasteiger charge is 2.09. The molecule has 0 fully saturated rings. The van der Waals surface area contributed by atoms with E-state index >= 15 is 0 Å². The van der Waals surface area contributed by atoms with Crippen molar-refractivity contribution in [1.29, 1.82) is 0 Å². The maximum absolute atomic E-state index is 12.0. The van der Waals surface area contributed by atoms with Gasteiger partial charge in [0.1, 0.15) is 5.75 Å². The van der Waals surface area contributed by atoms with Crippen molar-refractivity contribution in [2.75, 3.05) is 11.9 Å². The largest absolute Gasteiger partial charge is 0.435 e. The number of alkyl halides is 2. The monoisotopic (exact) mass is 422 g/mol. The van der Waals surface area contributed by atoms with Crippen molar-refractivity contribution >= 4 is 52.6 Å². The number of anilines is 1. The number of rotatable bonds is 7. The van der Waals surface area contributed by atoms with Gasteiger partial charge in [-0.2, -0.15) is 8.78 Å². The van der Waals surface area contributed by atoms with Gasteiger partial charge in [-0.3, -0.25) is 4.79 Å². The molecule has 2 aromatic rings. The molecule has 26 heavy (non-hydrogen) atoms. The van der Waals surface area contributed by atoms with Gasteiger partial charge in [-0.05, 0) is 42.0 Å². The van der Waals surface area contributed by atoms with E-state index < -0.39 is 12.5 Å². The van der Waals surface area contributed by atoms with Crippen molar-refractivity contribution in [3.8, 4) is 5.75 Å². The zero-order valence-corrected chi connectivity index (χ0v) is 15.2. The molecule has 0 spiro atoms. The highest BCUT2D eigenvalue weighted by atomic mass is 35.5. The lowest BCUT2D eigenvalue weighted by molar-refractivity contribution is -0.120. The summed E-state index contributed by atoms with van der Waals surface area (Å²) in [6.07, 6.45) is 1.31. The molecule has 0 bridgehead atoms. The van der Waals surface area contributed by atoms with E-state index in [1.165, 1.54) is 42.6 Å². The van der Waals surface area contributed by atoms with Gasteiger partial charge in [-0.15, -0.1) is 0 Å². The molecule has 0 heterocycles. The maximum atomic E-state index is 12.0. The predicted molar refractivity (Wildman–Crippen MR) is 96.7 cm³/mol. The third-order valence-corrected chi connectivity index (χ3v) is 3.90. The number of carbonyl (C=O) groups excluding carboxylic acids is 1. The predicted octanol–water partition coefficient (Wildman–Crippen LogP) is 5.24. The van der Waals surface area contributed by atoms with E-state index in [9.17, 15) is 13.6 Å². The fraction of sp³-hybridized carbons (Fsp3) is 0.125. The first kappa shape index (κ1) is 20.2. The third kappa shape index (κ3) is 6.33. The molecule has 138 valence electrons. The molecule has 2 rings (SSSR count). The number of nitrogens with zero attached hydrogens (tertiary/aromatic N) is 1. The number of oxime groups is 1. The molecule has 5 nitrogen and oxygen atoms in total. The average molecular weight is 424 g/mol. The molecule has 0 saturated carbocycles. The maximum Gasteiger partial charge on any atom is 0.387 e. The molecule has 0 radical (unpaired) electrons. The Morgan fingerprint density at radius 2 is 1.77 bits per heavy atom. The Morgan fingerprint density at radius 1 is 1.12 bits per heavy atom. The van der Waals surface area contributed by atoms with E-state index in [0.29, 0.717) is 5.56 Å². The molecule has 1 amide bonds. The van der Waals surface area contributed by atoms with Crippen LogP contribution in [0, 0.1) is 0 Å². The Labute approximate surface area is 162 Å². The summed E-state index contributed by atoms with van der Waals surface area (Å²) in [5, 5.41) is 6.84. The lowest BCUT2D eigenvalue weighted by Gasteiger charge is -2.08. The second-order valence-corrected chi connectivity index (χ2v) is 5.97.